The molecule has 3 nitrogen and oxygen atoms in total. The predicted molar refractivity (Wildman–Crippen MR) is 79.7 cm³/mol. The summed E-state index contributed by atoms with van der Waals surface area (Å²) < 4.78 is 0. The summed E-state index contributed by atoms with van der Waals surface area (Å²) >= 11 is 5.79. The number of halogens is 1. The Morgan fingerprint density at radius 2 is 1.84 bits per heavy atom. The maximum absolute atomic E-state index is 11.7. The van der Waals surface area contributed by atoms with Gasteiger partial charge >= 0.3 is 6.03 Å². The Hall–Kier alpha value is -1.22. The van der Waals surface area contributed by atoms with Crippen molar-refractivity contribution in [1.82, 2.24) is 5.32 Å². The molecule has 0 atom stereocenters. The summed E-state index contributed by atoms with van der Waals surface area (Å²) in [5.74, 6) is 0.796. The van der Waals surface area contributed by atoms with Gasteiger partial charge in [-0.1, -0.05) is 43.7 Å². The molecule has 2 rings (SSSR count). The fraction of sp³-hybridized carbons (Fsp3) is 0.533. The van der Waals surface area contributed by atoms with Crippen molar-refractivity contribution in [1.29, 1.82) is 0 Å². The van der Waals surface area contributed by atoms with E-state index in [2.05, 4.69) is 10.6 Å². The van der Waals surface area contributed by atoms with Gasteiger partial charge in [-0.05, 0) is 36.6 Å². The molecule has 4 heteroatoms. The van der Waals surface area contributed by atoms with Gasteiger partial charge in [0.15, 0.2) is 0 Å². The van der Waals surface area contributed by atoms with Crippen LogP contribution >= 0.6 is 11.6 Å². The summed E-state index contributed by atoms with van der Waals surface area (Å²) in [5.41, 5.74) is 0.763. The van der Waals surface area contributed by atoms with Gasteiger partial charge in [-0.25, -0.2) is 4.79 Å². The van der Waals surface area contributed by atoms with Crippen LogP contribution in [0.5, 0.6) is 0 Å². The van der Waals surface area contributed by atoms with E-state index in [1.165, 1.54) is 32.1 Å². The first-order chi connectivity index (χ1) is 9.24. The summed E-state index contributed by atoms with van der Waals surface area (Å²) in [5, 5.41) is 6.38. The highest BCUT2D eigenvalue weighted by Gasteiger charge is 2.13. The number of benzene rings is 1. The van der Waals surface area contributed by atoms with Crippen molar-refractivity contribution in [2.45, 2.75) is 38.5 Å². The van der Waals surface area contributed by atoms with E-state index in [9.17, 15) is 4.79 Å². The van der Waals surface area contributed by atoms with Gasteiger partial charge in [0.25, 0.3) is 0 Å². The minimum absolute atomic E-state index is 0.141. The van der Waals surface area contributed by atoms with Crippen LogP contribution in [0.2, 0.25) is 5.02 Å². The lowest BCUT2D eigenvalue weighted by Gasteiger charge is -2.21. The topological polar surface area (TPSA) is 41.1 Å². The lowest BCUT2D eigenvalue weighted by Crippen LogP contribution is -2.30. The Kier molecular flexibility index (Phi) is 5.52. The lowest BCUT2D eigenvalue weighted by molar-refractivity contribution is 0.250. The zero-order valence-corrected chi connectivity index (χ0v) is 11.9. The highest BCUT2D eigenvalue weighted by Crippen LogP contribution is 2.25. The smallest absolute Gasteiger partial charge is 0.319 e. The highest BCUT2D eigenvalue weighted by atomic mass is 35.5. The van der Waals surface area contributed by atoms with E-state index >= 15 is 0 Å². The van der Waals surface area contributed by atoms with Crippen LogP contribution in [0.4, 0.5) is 10.5 Å². The minimum Gasteiger partial charge on any atom is -0.338 e. The summed E-state index contributed by atoms with van der Waals surface area (Å²) in [6.45, 7) is 0.754. The number of carbonyl (C=O) groups excluding carboxylic acids is 1. The van der Waals surface area contributed by atoms with E-state index in [1.54, 1.807) is 24.3 Å². The molecule has 0 radical (unpaired) electrons. The number of anilines is 1. The van der Waals surface area contributed by atoms with Gasteiger partial charge in [0, 0.05) is 17.3 Å². The van der Waals surface area contributed by atoms with Crippen molar-refractivity contribution in [3.63, 3.8) is 0 Å². The molecule has 0 aliphatic heterocycles. The van der Waals surface area contributed by atoms with E-state index in [0.717, 1.165) is 24.6 Å². The molecule has 1 saturated carbocycles. The largest absolute Gasteiger partial charge is 0.338 e. The summed E-state index contributed by atoms with van der Waals surface area (Å²) in [4.78, 5) is 11.7. The van der Waals surface area contributed by atoms with Crippen LogP contribution in [0, 0.1) is 5.92 Å². The van der Waals surface area contributed by atoms with Gasteiger partial charge in [0.05, 0.1) is 0 Å². The molecule has 1 fully saturated rings. The molecule has 19 heavy (non-hydrogen) atoms. The molecule has 1 aliphatic rings. The van der Waals surface area contributed by atoms with Crippen molar-refractivity contribution in [3.05, 3.63) is 29.3 Å². The molecule has 0 bridgehead atoms. The fourth-order valence-electron chi connectivity index (χ4n) is 2.57. The van der Waals surface area contributed by atoms with Crippen LogP contribution in [0.25, 0.3) is 0 Å². The van der Waals surface area contributed by atoms with Crippen LogP contribution in [-0.4, -0.2) is 12.6 Å². The standard InChI is InChI=1S/C15H21ClN2O/c16-13-6-8-14(9-7-13)18-15(19)17-11-10-12-4-2-1-3-5-12/h6-9,12H,1-5,10-11H2,(H2,17,18,19). The van der Waals surface area contributed by atoms with E-state index in [1.807, 2.05) is 0 Å². The molecule has 1 aliphatic carbocycles. The zero-order chi connectivity index (χ0) is 13.5. The van der Waals surface area contributed by atoms with Gasteiger partial charge < -0.3 is 10.6 Å². The van der Waals surface area contributed by atoms with Gasteiger partial charge in [-0.2, -0.15) is 0 Å². The van der Waals surface area contributed by atoms with E-state index in [-0.39, 0.29) is 6.03 Å². The lowest BCUT2D eigenvalue weighted by atomic mass is 9.87. The summed E-state index contributed by atoms with van der Waals surface area (Å²) in [7, 11) is 0. The van der Waals surface area contributed by atoms with Crippen molar-refractivity contribution >= 4 is 23.3 Å². The first-order valence-corrected chi connectivity index (χ1v) is 7.42. The van der Waals surface area contributed by atoms with Crippen LogP contribution in [0.1, 0.15) is 38.5 Å². The number of nitrogens with one attached hydrogen (secondary N) is 2. The number of amides is 2. The molecule has 0 saturated heterocycles. The predicted octanol–water partition coefficient (Wildman–Crippen LogP) is 4.43. The number of rotatable bonds is 4. The quantitative estimate of drug-likeness (QED) is 0.841. The van der Waals surface area contributed by atoms with Crippen molar-refractivity contribution in [2.24, 2.45) is 5.92 Å². The molecule has 2 amide bonds. The van der Waals surface area contributed by atoms with Crippen molar-refractivity contribution < 1.29 is 4.79 Å². The molecule has 2 N–H and O–H groups in total. The van der Waals surface area contributed by atoms with Crippen molar-refractivity contribution in [3.8, 4) is 0 Å². The number of urea groups is 1. The molecule has 0 unspecified atom stereocenters. The third kappa shape index (κ3) is 5.11. The maximum atomic E-state index is 11.7. The molecule has 104 valence electrons. The third-order valence-electron chi connectivity index (χ3n) is 3.66. The molecule has 0 spiro atoms. The molecule has 1 aromatic rings. The summed E-state index contributed by atoms with van der Waals surface area (Å²) in [6.07, 6.45) is 7.80. The summed E-state index contributed by atoms with van der Waals surface area (Å²) in [6, 6.07) is 6.97. The Balaban J connectivity index is 1.65. The second-order valence-electron chi connectivity index (χ2n) is 5.18. The van der Waals surface area contributed by atoms with E-state index in [4.69, 9.17) is 11.6 Å². The molecule has 1 aromatic carbocycles. The Labute approximate surface area is 119 Å². The van der Waals surface area contributed by atoms with E-state index in [0.29, 0.717) is 5.02 Å². The number of hydrogen-bond donors (Lipinski definition) is 2. The average molecular weight is 281 g/mol. The first kappa shape index (κ1) is 14.2. The second-order valence-corrected chi connectivity index (χ2v) is 5.62. The van der Waals surface area contributed by atoms with Gasteiger partial charge in [-0.15, -0.1) is 0 Å². The minimum atomic E-state index is -0.141. The first-order valence-electron chi connectivity index (χ1n) is 7.04. The van der Waals surface area contributed by atoms with Crippen LogP contribution < -0.4 is 10.6 Å². The SMILES string of the molecule is O=C(NCCC1CCCCC1)Nc1ccc(Cl)cc1. The highest BCUT2D eigenvalue weighted by molar-refractivity contribution is 6.30. The van der Waals surface area contributed by atoms with Gasteiger partial charge in [0.2, 0.25) is 0 Å². The number of carbonyl (C=O) groups is 1. The second kappa shape index (κ2) is 7.39. The molecular weight excluding hydrogens is 260 g/mol. The third-order valence-corrected chi connectivity index (χ3v) is 3.92. The molecular formula is C15H21ClN2O. The monoisotopic (exact) mass is 280 g/mol. The van der Waals surface area contributed by atoms with Gasteiger partial charge in [-0.3, -0.25) is 0 Å². The average Bonchev–Trinajstić information content (AvgIpc) is 2.43. The van der Waals surface area contributed by atoms with Crippen LogP contribution in [0.3, 0.4) is 0 Å². The van der Waals surface area contributed by atoms with Crippen molar-refractivity contribution in [2.75, 3.05) is 11.9 Å². The maximum Gasteiger partial charge on any atom is 0.319 e. The number of hydrogen-bond acceptors (Lipinski definition) is 1. The normalized spacial score (nSPS) is 16.1. The Morgan fingerprint density at radius 3 is 2.53 bits per heavy atom. The Bertz CT molecular complexity index is 399. The fourth-order valence-corrected chi connectivity index (χ4v) is 2.70. The zero-order valence-electron chi connectivity index (χ0n) is 11.1. The molecule has 0 aromatic heterocycles. The molecule has 0 heterocycles. The van der Waals surface area contributed by atoms with Gasteiger partial charge in [0.1, 0.15) is 0 Å². The van der Waals surface area contributed by atoms with E-state index < -0.39 is 0 Å². The van der Waals surface area contributed by atoms with Crippen LogP contribution in [0.15, 0.2) is 24.3 Å². The Morgan fingerprint density at radius 1 is 1.16 bits per heavy atom. The van der Waals surface area contributed by atoms with Crippen LogP contribution in [-0.2, 0) is 0 Å².